The third-order valence-electron chi connectivity index (χ3n) is 4.47. The molecular formula is C19H32N2. The van der Waals surface area contributed by atoms with E-state index >= 15 is 0 Å². The number of hydrogen-bond donors (Lipinski definition) is 1. The van der Waals surface area contributed by atoms with Gasteiger partial charge in [0.15, 0.2) is 0 Å². The highest BCUT2D eigenvalue weighted by atomic mass is 15.2. The van der Waals surface area contributed by atoms with Gasteiger partial charge in [0.1, 0.15) is 0 Å². The highest BCUT2D eigenvalue weighted by Crippen LogP contribution is 2.32. The molecule has 1 aromatic carbocycles. The van der Waals surface area contributed by atoms with Crippen molar-refractivity contribution < 1.29 is 0 Å². The smallest absolute Gasteiger partial charge is 0.0602 e. The molecule has 1 rings (SSSR count). The molecule has 2 nitrogen and oxygen atoms in total. The lowest BCUT2D eigenvalue weighted by Gasteiger charge is -2.44. The SMILES string of the molecule is C=CCC(N)(c1ccccc1)C(CCCC)N(CC)CC. The maximum Gasteiger partial charge on any atom is 0.0602 e. The molecule has 2 unspecified atom stereocenters. The van der Waals surface area contributed by atoms with Gasteiger partial charge in [-0.25, -0.2) is 0 Å². The lowest BCUT2D eigenvalue weighted by molar-refractivity contribution is 0.119. The number of likely N-dealkylation sites (N-methyl/N-ethyl adjacent to an activating group) is 1. The van der Waals surface area contributed by atoms with Crippen LogP contribution in [0.1, 0.15) is 52.0 Å². The fraction of sp³-hybridized carbons (Fsp3) is 0.579. The van der Waals surface area contributed by atoms with Crippen LogP contribution in [0.25, 0.3) is 0 Å². The quantitative estimate of drug-likeness (QED) is 0.650. The maximum atomic E-state index is 6.95. The largest absolute Gasteiger partial charge is 0.320 e. The summed E-state index contributed by atoms with van der Waals surface area (Å²) in [7, 11) is 0. The van der Waals surface area contributed by atoms with E-state index in [2.05, 4.69) is 62.6 Å². The third kappa shape index (κ3) is 4.42. The van der Waals surface area contributed by atoms with E-state index in [1.54, 1.807) is 0 Å². The Labute approximate surface area is 131 Å². The van der Waals surface area contributed by atoms with E-state index in [9.17, 15) is 0 Å². The van der Waals surface area contributed by atoms with Gasteiger partial charge in [0.2, 0.25) is 0 Å². The van der Waals surface area contributed by atoms with Gasteiger partial charge in [0, 0.05) is 6.04 Å². The van der Waals surface area contributed by atoms with E-state index in [-0.39, 0.29) is 5.54 Å². The first-order valence-corrected chi connectivity index (χ1v) is 8.33. The van der Waals surface area contributed by atoms with Crippen molar-refractivity contribution in [1.29, 1.82) is 0 Å². The predicted octanol–water partition coefficient (Wildman–Crippen LogP) is 4.32. The normalized spacial score (nSPS) is 15.7. The Morgan fingerprint density at radius 2 is 1.81 bits per heavy atom. The number of hydrogen-bond acceptors (Lipinski definition) is 2. The molecule has 0 amide bonds. The predicted molar refractivity (Wildman–Crippen MR) is 93.4 cm³/mol. The second-order valence-corrected chi connectivity index (χ2v) is 5.78. The zero-order chi connectivity index (χ0) is 15.7. The zero-order valence-electron chi connectivity index (χ0n) is 14.0. The Hall–Kier alpha value is -1.12. The summed E-state index contributed by atoms with van der Waals surface area (Å²) >= 11 is 0. The molecule has 118 valence electrons. The number of benzene rings is 1. The molecule has 2 atom stereocenters. The van der Waals surface area contributed by atoms with Gasteiger partial charge in [-0.2, -0.15) is 0 Å². The number of unbranched alkanes of at least 4 members (excludes halogenated alkanes) is 1. The van der Waals surface area contributed by atoms with Crippen molar-refractivity contribution in [3.63, 3.8) is 0 Å². The Morgan fingerprint density at radius 3 is 2.29 bits per heavy atom. The first-order valence-electron chi connectivity index (χ1n) is 8.33. The van der Waals surface area contributed by atoms with E-state index in [0.29, 0.717) is 6.04 Å². The van der Waals surface area contributed by atoms with E-state index in [4.69, 9.17) is 5.73 Å². The summed E-state index contributed by atoms with van der Waals surface area (Å²) in [4.78, 5) is 2.51. The van der Waals surface area contributed by atoms with Gasteiger partial charge in [-0.3, -0.25) is 4.90 Å². The lowest BCUT2D eigenvalue weighted by atomic mass is 9.77. The highest BCUT2D eigenvalue weighted by Gasteiger charge is 2.37. The van der Waals surface area contributed by atoms with Crippen LogP contribution >= 0.6 is 0 Å². The fourth-order valence-electron chi connectivity index (χ4n) is 3.26. The molecule has 2 heteroatoms. The minimum Gasteiger partial charge on any atom is -0.320 e. The summed E-state index contributed by atoms with van der Waals surface area (Å²) < 4.78 is 0. The second kappa shape index (κ2) is 9.01. The molecule has 21 heavy (non-hydrogen) atoms. The van der Waals surface area contributed by atoms with Crippen LogP contribution in [0.4, 0.5) is 0 Å². The summed E-state index contributed by atoms with van der Waals surface area (Å²) in [6.07, 6.45) is 6.33. The number of rotatable bonds is 10. The van der Waals surface area contributed by atoms with Gasteiger partial charge in [0.05, 0.1) is 5.54 Å². The summed E-state index contributed by atoms with van der Waals surface area (Å²) in [5.74, 6) is 0. The molecule has 0 aliphatic rings. The van der Waals surface area contributed by atoms with Crippen LogP contribution in [0.3, 0.4) is 0 Å². The molecule has 0 saturated carbocycles. The molecule has 0 heterocycles. The van der Waals surface area contributed by atoms with E-state index in [1.165, 1.54) is 18.4 Å². The van der Waals surface area contributed by atoms with Crippen LogP contribution in [0.5, 0.6) is 0 Å². The molecule has 0 aliphatic carbocycles. The minimum absolute atomic E-state index is 0.354. The van der Waals surface area contributed by atoms with Crippen molar-refractivity contribution in [1.82, 2.24) is 4.90 Å². The first kappa shape index (κ1) is 17.9. The molecule has 2 N–H and O–H groups in total. The van der Waals surface area contributed by atoms with Crippen molar-refractivity contribution in [2.75, 3.05) is 13.1 Å². The lowest BCUT2D eigenvalue weighted by Crippen LogP contribution is -2.56. The standard InChI is InChI=1S/C19H32N2/c1-5-9-15-18(21(7-3)8-4)19(20,16-6-2)17-13-11-10-12-14-17/h6,10-14,18H,2,5,7-9,15-16,20H2,1,3-4H3. The van der Waals surface area contributed by atoms with Crippen LogP contribution in [-0.2, 0) is 5.54 Å². The van der Waals surface area contributed by atoms with Crippen LogP contribution in [0.15, 0.2) is 43.0 Å². The van der Waals surface area contributed by atoms with E-state index in [1.807, 2.05) is 6.08 Å². The van der Waals surface area contributed by atoms with Gasteiger partial charge in [0.25, 0.3) is 0 Å². The molecule has 0 bridgehead atoms. The van der Waals surface area contributed by atoms with Crippen LogP contribution < -0.4 is 5.73 Å². The third-order valence-corrected chi connectivity index (χ3v) is 4.47. The molecule has 0 radical (unpaired) electrons. The van der Waals surface area contributed by atoms with Gasteiger partial charge < -0.3 is 5.73 Å². The molecule has 0 spiro atoms. The number of nitrogens with two attached hydrogens (primary N) is 1. The summed E-state index contributed by atoms with van der Waals surface area (Å²) in [6.45, 7) is 12.7. The average molecular weight is 288 g/mol. The number of nitrogens with zero attached hydrogens (tertiary/aromatic N) is 1. The van der Waals surface area contributed by atoms with Gasteiger partial charge in [-0.1, -0.05) is 70.0 Å². The Kier molecular flexibility index (Phi) is 7.69. The molecule has 0 aliphatic heterocycles. The minimum atomic E-state index is -0.357. The molecule has 0 fully saturated rings. The van der Waals surface area contributed by atoms with Crippen LogP contribution in [0, 0.1) is 0 Å². The topological polar surface area (TPSA) is 29.3 Å². The molecule has 1 aromatic rings. The van der Waals surface area contributed by atoms with Gasteiger partial charge >= 0.3 is 0 Å². The van der Waals surface area contributed by atoms with Crippen molar-refractivity contribution in [2.24, 2.45) is 5.73 Å². The first-order chi connectivity index (χ1) is 10.1. The zero-order valence-corrected chi connectivity index (χ0v) is 14.0. The maximum absolute atomic E-state index is 6.95. The second-order valence-electron chi connectivity index (χ2n) is 5.78. The average Bonchev–Trinajstić information content (AvgIpc) is 2.52. The summed E-state index contributed by atoms with van der Waals surface area (Å²) in [5, 5.41) is 0. The Morgan fingerprint density at radius 1 is 1.19 bits per heavy atom. The van der Waals surface area contributed by atoms with Crippen molar-refractivity contribution in [2.45, 2.75) is 58.0 Å². The van der Waals surface area contributed by atoms with Crippen LogP contribution in [-0.4, -0.2) is 24.0 Å². The van der Waals surface area contributed by atoms with Crippen molar-refractivity contribution >= 4 is 0 Å². The Balaban J connectivity index is 3.19. The van der Waals surface area contributed by atoms with Crippen LogP contribution in [0.2, 0.25) is 0 Å². The highest BCUT2D eigenvalue weighted by molar-refractivity contribution is 5.27. The molecular weight excluding hydrogens is 256 g/mol. The fourth-order valence-corrected chi connectivity index (χ4v) is 3.26. The van der Waals surface area contributed by atoms with E-state index in [0.717, 1.165) is 25.9 Å². The summed E-state index contributed by atoms with van der Waals surface area (Å²) in [6, 6.07) is 10.9. The Bertz CT molecular complexity index is 397. The van der Waals surface area contributed by atoms with Crippen molar-refractivity contribution in [3.05, 3.63) is 48.6 Å². The van der Waals surface area contributed by atoms with E-state index < -0.39 is 0 Å². The van der Waals surface area contributed by atoms with Gasteiger partial charge in [-0.15, -0.1) is 6.58 Å². The van der Waals surface area contributed by atoms with Crippen molar-refractivity contribution in [3.8, 4) is 0 Å². The van der Waals surface area contributed by atoms with Gasteiger partial charge in [-0.05, 0) is 31.5 Å². The molecule has 0 saturated heterocycles. The molecule has 0 aromatic heterocycles. The summed E-state index contributed by atoms with van der Waals surface area (Å²) in [5.41, 5.74) is 7.82. The monoisotopic (exact) mass is 288 g/mol.